The van der Waals surface area contributed by atoms with E-state index in [0.29, 0.717) is 0 Å². The van der Waals surface area contributed by atoms with E-state index >= 15 is 0 Å². The molecule has 2 aliphatic rings. The number of hydrogen-bond acceptors (Lipinski definition) is 2. The van der Waals surface area contributed by atoms with E-state index in [1.165, 1.54) is 19.3 Å². The van der Waals surface area contributed by atoms with Gasteiger partial charge in [0.1, 0.15) is 0 Å². The van der Waals surface area contributed by atoms with Gasteiger partial charge in [-0.2, -0.15) is 0 Å². The third-order valence-corrected chi connectivity index (χ3v) is 3.53. The lowest BCUT2D eigenvalue weighted by Gasteiger charge is -2.36. The predicted molar refractivity (Wildman–Crippen MR) is 49.6 cm³/mol. The van der Waals surface area contributed by atoms with E-state index in [2.05, 4.69) is 5.32 Å². The molecule has 1 aliphatic heterocycles. The first kappa shape index (κ1) is 9.00. The Hall–Kier alpha value is -0.570. The highest BCUT2D eigenvalue weighted by Gasteiger charge is 2.40. The number of nitrogens with one attached hydrogen (secondary N) is 1. The Morgan fingerprint density at radius 1 is 1.38 bits per heavy atom. The van der Waals surface area contributed by atoms with Gasteiger partial charge in [0.15, 0.2) is 0 Å². The van der Waals surface area contributed by atoms with E-state index in [9.17, 15) is 4.79 Å². The molecule has 13 heavy (non-hydrogen) atoms. The zero-order valence-electron chi connectivity index (χ0n) is 7.88. The zero-order valence-corrected chi connectivity index (χ0v) is 7.88. The molecule has 1 unspecified atom stereocenters. The molecule has 1 aliphatic carbocycles. The SMILES string of the molecule is O=C(O)[C@H]1CCCC2(CCCN2)C1. The highest BCUT2D eigenvalue weighted by Crippen LogP contribution is 2.38. The van der Waals surface area contributed by atoms with Crippen LogP contribution >= 0.6 is 0 Å². The number of carboxylic acids is 1. The summed E-state index contributed by atoms with van der Waals surface area (Å²) in [5, 5.41) is 12.4. The molecule has 0 aromatic carbocycles. The predicted octanol–water partition coefficient (Wildman–Crippen LogP) is 1.38. The van der Waals surface area contributed by atoms with Crippen LogP contribution in [0.25, 0.3) is 0 Å². The maximum absolute atomic E-state index is 10.9. The van der Waals surface area contributed by atoms with Gasteiger partial charge in [-0.1, -0.05) is 6.42 Å². The summed E-state index contributed by atoms with van der Waals surface area (Å²) in [4.78, 5) is 10.9. The molecule has 1 spiro atoms. The fourth-order valence-corrected chi connectivity index (χ4v) is 2.83. The Kier molecular flexibility index (Phi) is 2.28. The van der Waals surface area contributed by atoms with E-state index in [1.54, 1.807) is 0 Å². The standard InChI is InChI=1S/C10H17NO2/c12-9(13)8-3-1-4-10(7-8)5-2-6-11-10/h8,11H,1-7H2,(H,12,13)/t8-,10?/m0/s1. The minimum Gasteiger partial charge on any atom is -0.481 e. The Morgan fingerprint density at radius 2 is 2.15 bits per heavy atom. The Labute approximate surface area is 78.5 Å². The van der Waals surface area contributed by atoms with Crippen molar-refractivity contribution in [3.8, 4) is 0 Å². The van der Waals surface area contributed by atoms with Crippen molar-refractivity contribution in [1.82, 2.24) is 5.32 Å². The smallest absolute Gasteiger partial charge is 0.306 e. The monoisotopic (exact) mass is 183 g/mol. The first-order valence-electron chi connectivity index (χ1n) is 5.20. The normalized spacial score (nSPS) is 39.5. The number of carbonyl (C=O) groups is 1. The van der Waals surface area contributed by atoms with Crippen molar-refractivity contribution in [2.24, 2.45) is 5.92 Å². The van der Waals surface area contributed by atoms with Crippen LogP contribution in [0, 0.1) is 5.92 Å². The molecule has 0 bridgehead atoms. The summed E-state index contributed by atoms with van der Waals surface area (Å²) in [5.74, 6) is -0.702. The molecule has 0 radical (unpaired) electrons. The van der Waals surface area contributed by atoms with Crippen LogP contribution in [0.5, 0.6) is 0 Å². The molecule has 0 aromatic heterocycles. The van der Waals surface area contributed by atoms with Gasteiger partial charge in [0.25, 0.3) is 0 Å². The van der Waals surface area contributed by atoms with Gasteiger partial charge in [-0.25, -0.2) is 0 Å². The second kappa shape index (κ2) is 3.29. The summed E-state index contributed by atoms with van der Waals surface area (Å²) < 4.78 is 0. The van der Waals surface area contributed by atoms with E-state index in [-0.39, 0.29) is 11.5 Å². The largest absolute Gasteiger partial charge is 0.481 e. The van der Waals surface area contributed by atoms with Gasteiger partial charge >= 0.3 is 5.97 Å². The molecular formula is C10H17NO2. The topological polar surface area (TPSA) is 49.3 Å². The van der Waals surface area contributed by atoms with Crippen LogP contribution in [-0.2, 0) is 4.79 Å². The first-order valence-corrected chi connectivity index (χ1v) is 5.20. The lowest BCUT2D eigenvalue weighted by Crippen LogP contribution is -2.45. The zero-order chi connectivity index (χ0) is 9.31. The molecule has 2 fully saturated rings. The Bertz CT molecular complexity index is 209. The van der Waals surface area contributed by atoms with Gasteiger partial charge < -0.3 is 10.4 Å². The van der Waals surface area contributed by atoms with Gasteiger partial charge in [-0.3, -0.25) is 4.79 Å². The highest BCUT2D eigenvalue weighted by atomic mass is 16.4. The molecular weight excluding hydrogens is 166 g/mol. The van der Waals surface area contributed by atoms with Crippen molar-refractivity contribution in [2.45, 2.75) is 44.1 Å². The molecule has 74 valence electrons. The van der Waals surface area contributed by atoms with Crippen LogP contribution in [0.15, 0.2) is 0 Å². The van der Waals surface area contributed by atoms with E-state index in [1.807, 2.05) is 0 Å². The van der Waals surface area contributed by atoms with Crippen molar-refractivity contribution in [3.05, 3.63) is 0 Å². The van der Waals surface area contributed by atoms with Crippen LogP contribution in [0.1, 0.15) is 38.5 Å². The minimum atomic E-state index is -0.604. The van der Waals surface area contributed by atoms with Crippen LogP contribution in [-0.4, -0.2) is 23.2 Å². The van der Waals surface area contributed by atoms with Gasteiger partial charge in [-0.05, 0) is 38.6 Å². The quantitative estimate of drug-likeness (QED) is 0.645. The second-order valence-corrected chi connectivity index (χ2v) is 4.44. The fourth-order valence-electron chi connectivity index (χ4n) is 2.83. The maximum atomic E-state index is 10.9. The molecule has 2 N–H and O–H groups in total. The molecule has 1 heterocycles. The molecule has 2 rings (SSSR count). The minimum absolute atomic E-state index is 0.0978. The number of carboxylic acid groups (broad SMARTS) is 1. The summed E-state index contributed by atoms with van der Waals surface area (Å²) in [6.07, 6.45) is 6.37. The third-order valence-electron chi connectivity index (χ3n) is 3.53. The number of rotatable bonds is 1. The fraction of sp³-hybridized carbons (Fsp3) is 0.900. The molecule has 1 saturated carbocycles. The van der Waals surface area contributed by atoms with Gasteiger partial charge in [-0.15, -0.1) is 0 Å². The van der Waals surface area contributed by atoms with Crippen molar-refractivity contribution in [2.75, 3.05) is 6.54 Å². The lowest BCUT2D eigenvalue weighted by atomic mass is 9.75. The summed E-state index contributed by atoms with van der Waals surface area (Å²) in [6, 6.07) is 0. The Morgan fingerprint density at radius 3 is 2.77 bits per heavy atom. The second-order valence-electron chi connectivity index (χ2n) is 4.44. The van der Waals surface area contributed by atoms with E-state index in [0.717, 1.165) is 25.8 Å². The average molecular weight is 183 g/mol. The maximum Gasteiger partial charge on any atom is 0.306 e. The number of aliphatic carboxylic acids is 1. The van der Waals surface area contributed by atoms with Gasteiger partial charge in [0.2, 0.25) is 0 Å². The molecule has 3 nitrogen and oxygen atoms in total. The van der Waals surface area contributed by atoms with Crippen LogP contribution < -0.4 is 5.32 Å². The summed E-state index contributed by atoms with van der Waals surface area (Å²) in [7, 11) is 0. The number of hydrogen-bond donors (Lipinski definition) is 2. The van der Waals surface area contributed by atoms with E-state index in [4.69, 9.17) is 5.11 Å². The molecule has 1 saturated heterocycles. The van der Waals surface area contributed by atoms with Crippen molar-refractivity contribution < 1.29 is 9.90 Å². The summed E-state index contributed by atoms with van der Waals surface area (Å²) >= 11 is 0. The molecule has 0 aromatic rings. The average Bonchev–Trinajstić information content (AvgIpc) is 2.53. The van der Waals surface area contributed by atoms with Gasteiger partial charge in [0, 0.05) is 5.54 Å². The Balaban J connectivity index is 2.02. The lowest BCUT2D eigenvalue weighted by molar-refractivity contribution is -0.143. The van der Waals surface area contributed by atoms with Gasteiger partial charge in [0.05, 0.1) is 5.92 Å². The van der Waals surface area contributed by atoms with E-state index < -0.39 is 5.97 Å². The summed E-state index contributed by atoms with van der Waals surface area (Å²) in [5.41, 5.74) is 0.196. The van der Waals surface area contributed by atoms with Crippen molar-refractivity contribution >= 4 is 5.97 Å². The third kappa shape index (κ3) is 1.70. The van der Waals surface area contributed by atoms with Crippen molar-refractivity contribution in [3.63, 3.8) is 0 Å². The molecule has 0 amide bonds. The summed E-state index contributed by atoms with van der Waals surface area (Å²) in [6.45, 7) is 1.08. The van der Waals surface area contributed by atoms with Crippen LogP contribution in [0.3, 0.4) is 0 Å². The molecule has 2 atom stereocenters. The first-order chi connectivity index (χ1) is 6.22. The highest BCUT2D eigenvalue weighted by molar-refractivity contribution is 5.70. The molecule has 3 heteroatoms. The van der Waals surface area contributed by atoms with Crippen LogP contribution in [0.4, 0.5) is 0 Å². The van der Waals surface area contributed by atoms with Crippen LogP contribution in [0.2, 0.25) is 0 Å². The van der Waals surface area contributed by atoms with Crippen molar-refractivity contribution in [1.29, 1.82) is 0 Å².